The summed E-state index contributed by atoms with van der Waals surface area (Å²) < 4.78 is 53.9. The molecule has 40 heavy (non-hydrogen) atoms. The average molecular weight is 577 g/mol. The summed E-state index contributed by atoms with van der Waals surface area (Å²) in [5.41, 5.74) is 0.449. The van der Waals surface area contributed by atoms with E-state index in [1.807, 2.05) is 0 Å². The van der Waals surface area contributed by atoms with Gasteiger partial charge in [-0.2, -0.15) is 13.2 Å². The van der Waals surface area contributed by atoms with Crippen LogP contribution in [0, 0.1) is 0 Å². The van der Waals surface area contributed by atoms with Crippen LogP contribution in [0.2, 0.25) is 0 Å². The minimum absolute atomic E-state index is 0.0442. The number of carboxylic acids is 1. The first kappa shape index (κ1) is 30.5. The van der Waals surface area contributed by atoms with Crippen molar-refractivity contribution in [2.45, 2.75) is 36.9 Å². The van der Waals surface area contributed by atoms with Gasteiger partial charge in [-0.05, 0) is 12.1 Å². The molecule has 1 aliphatic heterocycles. The first-order valence-corrected chi connectivity index (χ1v) is 11.1. The summed E-state index contributed by atoms with van der Waals surface area (Å²) in [5, 5.41) is 77.1. The number of hydrogen-bond donors (Lipinski definition) is 8. The SMILES string of the molecule is COc1cc(-c2[o+]c3cc(O)cc(O)c3cc2OC2O[C@H](CO)[C@@H](O)[C@H](O)[C@H]2O)ccc1O.O=C(O)C(F)(F)F. The lowest BCUT2D eigenvalue weighted by Crippen LogP contribution is -2.60. The first-order chi connectivity index (χ1) is 18.7. The Morgan fingerprint density at radius 1 is 0.975 bits per heavy atom. The van der Waals surface area contributed by atoms with Gasteiger partial charge in [-0.25, -0.2) is 9.21 Å². The van der Waals surface area contributed by atoms with Crippen molar-refractivity contribution in [3.8, 4) is 40.1 Å². The molecule has 1 fully saturated rings. The molecule has 8 N–H and O–H groups in total. The van der Waals surface area contributed by atoms with Gasteiger partial charge in [0.05, 0.1) is 25.3 Å². The molecule has 1 unspecified atom stereocenters. The number of aliphatic carboxylic acids is 1. The van der Waals surface area contributed by atoms with Crippen molar-refractivity contribution in [2.75, 3.05) is 13.7 Å². The van der Waals surface area contributed by atoms with Gasteiger partial charge in [0.25, 0.3) is 0 Å². The highest BCUT2D eigenvalue weighted by molar-refractivity contribution is 5.88. The van der Waals surface area contributed by atoms with Crippen molar-refractivity contribution in [3.63, 3.8) is 0 Å². The van der Waals surface area contributed by atoms with Crippen molar-refractivity contribution in [1.29, 1.82) is 0 Å². The summed E-state index contributed by atoms with van der Waals surface area (Å²) in [5.74, 6) is -3.34. The molecule has 0 aliphatic carbocycles. The molecule has 0 saturated carbocycles. The van der Waals surface area contributed by atoms with Gasteiger partial charge < -0.3 is 55.1 Å². The normalized spacial score (nSPS) is 22.8. The van der Waals surface area contributed by atoms with E-state index in [0.717, 1.165) is 6.07 Å². The van der Waals surface area contributed by atoms with Crippen LogP contribution >= 0.6 is 0 Å². The van der Waals surface area contributed by atoms with Crippen LogP contribution in [-0.2, 0) is 9.53 Å². The van der Waals surface area contributed by atoms with E-state index in [9.17, 15) is 48.9 Å². The molecule has 5 atom stereocenters. The van der Waals surface area contributed by atoms with Gasteiger partial charge in [-0.3, -0.25) is 0 Å². The fraction of sp³-hybridized carbons (Fsp3) is 0.333. The van der Waals surface area contributed by atoms with E-state index < -0.39 is 49.5 Å². The number of hydrogen-bond acceptors (Lipinski definition) is 11. The fourth-order valence-electron chi connectivity index (χ4n) is 3.58. The number of fused-ring (bicyclic) bond motifs is 1. The van der Waals surface area contributed by atoms with E-state index >= 15 is 0 Å². The summed E-state index contributed by atoms with van der Waals surface area (Å²) in [6.45, 7) is -0.644. The number of halogens is 3. The van der Waals surface area contributed by atoms with E-state index in [-0.39, 0.29) is 45.5 Å². The molecule has 0 amide bonds. The van der Waals surface area contributed by atoms with E-state index in [1.54, 1.807) is 0 Å². The summed E-state index contributed by atoms with van der Waals surface area (Å²) >= 11 is 0. The molecule has 2 aromatic carbocycles. The molecular formula is C24H24F3O13+. The Bertz CT molecular complexity index is 1360. The summed E-state index contributed by atoms with van der Waals surface area (Å²) in [7, 11) is 1.36. The molecular weight excluding hydrogens is 553 g/mol. The number of alkyl halides is 3. The lowest BCUT2D eigenvalue weighted by Gasteiger charge is -2.39. The topological polar surface area (TPSA) is 218 Å². The number of benzene rings is 2. The monoisotopic (exact) mass is 577 g/mol. The molecule has 3 aromatic rings. The molecule has 1 aliphatic rings. The van der Waals surface area contributed by atoms with Crippen LogP contribution in [0.15, 0.2) is 40.8 Å². The number of carboxylic acid groups (broad SMARTS) is 1. The fourth-order valence-corrected chi connectivity index (χ4v) is 3.58. The number of carbonyl (C=O) groups is 1. The molecule has 0 bridgehead atoms. The minimum atomic E-state index is -5.08. The van der Waals surface area contributed by atoms with Gasteiger partial charge in [-0.1, -0.05) is 0 Å². The largest absolute Gasteiger partial charge is 0.507 e. The van der Waals surface area contributed by atoms with Crippen LogP contribution in [0.4, 0.5) is 13.2 Å². The van der Waals surface area contributed by atoms with Crippen molar-refractivity contribution < 1.29 is 77.4 Å². The maximum Gasteiger partial charge on any atom is 0.490 e. The summed E-state index contributed by atoms with van der Waals surface area (Å²) in [6.07, 6.45) is -12.7. The first-order valence-electron chi connectivity index (χ1n) is 11.1. The molecule has 4 rings (SSSR count). The van der Waals surface area contributed by atoms with Gasteiger partial charge >= 0.3 is 23.5 Å². The molecule has 2 heterocycles. The zero-order valence-electron chi connectivity index (χ0n) is 20.3. The highest BCUT2D eigenvalue weighted by atomic mass is 19.4. The highest BCUT2D eigenvalue weighted by Crippen LogP contribution is 2.42. The minimum Gasteiger partial charge on any atom is -0.507 e. The quantitative estimate of drug-likeness (QED) is 0.201. The zero-order chi connectivity index (χ0) is 29.9. The van der Waals surface area contributed by atoms with Crippen molar-refractivity contribution in [3.05, 3.63) is 36.4 Å². The third-order valence-electron chi connectivity index (χ3n) is 5.59. The number of rotatable bonds is 5. The second-order valence-corrected chi connectivity index (χ2v) is 8.32. The Morgan fingerprint density at radius 3 is 2.20 bits per heavy atom. The summed E-state index contributed by atoms with van der Waals surface area (Å²) in [6, 6.07) is 8.02. The average Bonchev–Trinajstić information content (AvgIpc) is 2.89. The second-order valence-electron chi connectivity index (χ2n) is 8.32. The lowest BCUT2D eigenvalue weighted by atomic mass is 9.99. The molecule has 1 saturated heterocycles. The van der Waals surface area contributed by atoms with Crippen molar-refractivity contribution >= 4 is 16.9 Å². The van der Waals surface area contributed by atoms with Crippen LogP contribution in [0.3, 0.4) is 0 Å². The van der Waals surface area contributed by atoms with Gasteiger partial charge in [0.15, 0.2) is 11.5 Å². The number of phenols is 3. The number of ether oxygens (including phenoxy) is 3. The predicted molar refractivity (Wildman–Crippen MR) is 126 cm³/mol. The van der Waals surface area contributed by atoms with Crippen LogP contribution in [-0.4, -0.2) is 97.4 Å². The van der Waals surface area contributed by atoms with E-state index in [0.29, 0.717) is 5.56 Å². The Kier molecular flexibility index (Phi) is 9.11. The lowest BCUT2D eigenvalue weighted by molar-refractivity contribution is -0.277. The number of aliphatic hydroxyl groups is 4. The number of methoxy groups -OCH3 is 1. The van der Waals surface area contributed by atoms with Gasteiger partial charge in [0.1, 0.15) is 41.3 Å². The van der Waals surface area contributed by atoms with Crippen LogP contribution < -0.4 is 9.47 Å². The Labute approximate surface area is 222 Å². The smallest absolute Gasteiger partial charge is 0.490 e. The zero-order valence-corrected chi connectivity index (χ0v) is 20.3. The number of aromatic hydroxyl groups is 3. The molecule has 16 heteroatoms. The Hall–Kier alpha value is -4.09. The van der Waals surface area contributed by atoms with Crippen molar-refractivity contribution in [2.24, 2.45) is 0 Å². The van der Waals surface area contributed by atoms with Gasteiger partial charge in [0, 0.05) is 18.2 Å². The van der Waals surface area contributed by atoms with E-state index in [2.05, 4.69) is 0 Å². The van der Waals surface area contributed by atoms with E-state index in [4.69, 9.17) is 28.5 Å². The molecule has 0 spiro atoms. The number of phenolic OH excluding ortho intramolecular Hbond substituents is 3. The molecule has 13 nitrogen and oxygen atoms in total. The molecule has 1 aromatic heterocycles. The maximum absolute atomic E-state index is 10.6. The molecule has 218 valence electrons. The standard InChI is InChI=1S/C22H22O11.C2HF3O2/c1-30-15-4-9(2-3-12(15)25)21-16(7-11-13(26)5-10(24)6-14(11)31-21)32-22-20(29)19(28)18(27)17(8-23)33-22;3-2(4,5)1(6)7/h2-7,17-20,22-23,27-29H,8H2,1H3,(H2-,24,25,26);(H,6,7)/p+1/t17-,18-,19+,20-,22?;/m1./s1. The van der Waals surface area contributed by atoms with Crippen LogP contribution in [0.1, 0.15) is 0 Å². The number of aliphatic hydroxyl groups excluding tert-OH is 4. The highest BCUT2D eigenvalue weighted by Gasteiger charge is 2.45. The maximum atomic E-state index is 10.6. The van der Waals surface area contributed by atoms with E-state index in [1.165, 1.54) is 37.4 Å². The predicted octanol–water partition coefficient (Wildman–Crippen LogP) is 1.32. The van der Waals surface area contributed by atoms with Crippen LogP contribution in [0.5, 0.6) is 28.7 Å². The Morgan fingerprint density at radius 2 is 1.62 bits per heavy atom. The van der Waals surface area contributed by atoms with Gasteiger partial charge in [0.2, 0.25) is 12.0 Å². The Balaban J connectivity index is 0.000000559. The van der Waals surface area contributed by atoms with Crippen LogP contribution in [0.25, 0.3) is 22.3 Å². The van der Waals surface area contributed by atoms with Crippen molar-refractivity contribution in [1.82, 2.24) is 0 Å². The molecule has 0 radical (unpaired) electrons. The van der Waals surface area contributed by atoms with Gasteiger partial charge in [-0.15, -0.1) is 0 Å². The third kappa shape index (κ3) is 6.54. The summed E-state index contributed by atoms with van der Waals surface area (Å²) in [4.78, 5) is 8.90. The second kappa shape index (κ2) is 12.0. The third-order valence-corrected chi connectivity index (χ3v) is 5.59.